The van der Waals surface area contributed by atoms with Gasteiger partial charge in [-0.3, -0.25) is 4.98 Å². The standard InChI is InChI=1S/C32H35Cl2N7O3S/c1-45-11-8-27(31(43)44)41(22-3-4-22)28-17-36-26-5-2-18(19-13-24(33)30(42)25(34)14-19)12-23(26)29(28)39-21-15-37-32(38-16-21)40-9-6-20(35)7-10-40/h2,5,12-17,20,22,27,42H,3-4,6-11,35H2,1H3,(H,36,39)(H,43,44)/t27-/m0/s1. The molecule has 1 aliphatic heterocycles. The number of thioether (sulfide) groups is 1. The molecule has 4 aromatic rings. The van der Waals surface area contributed by atoms with Crippen LogP contribution < -0.4 is 20.9 Å². The third-order valence-electron chi connectivity index (χ3n) is 8.36. The number of rotatable bonds is 11. The summed E-state index contributed by atoms with van der Waals surface area (Å²) in [4.78, 5) is 30.9. The number of nitrogens with zero attached hydrogens (tertiary/aromatic N) is 5. The van der Waals surface area contributed by atoms with Crippen molar-refractivity contribution in [1.29, 1.82) is 0 Å². The summed E-state index contributed by atoms with van der Waals surface area (Å²) in [5.74, 6) is 0.332. The molecule has 1 aliphatic carbocycles. The maximum atomic E-state index is 12.7. The average Bonchev–Trinajstić information content (AvgIpc) is 3.88. The van der Waals surface area contributed by atoms with E-state index in [1.165, 1.54) is 0 Å². The van der Waals surface area contributed by atoms with Gasteiger partial charge in [0.2, 0.25) is 5.95 Å². The van der Waals surface area contributed by atoms with E-state index in [1.54, 1.807) is 42.5 Å². The minimum atomic E-state index is -0.863. The van der Waals surface area contributed by atoms with Gasteiger partial charge in [-0.1, -0.05) is 29.3 Å². The van der Waals surface area contributed by atoms with Crippen LogP contribution in [-0.2, 0) is 4.79 Å². The monoisotopic (exact) mass is 667 g/mol. The molecule has 13 heteroatoms. The fourth-order valence-electron chi connectivity index (χ4n) is 5.80. The summed E-state index contributed by atoms with van der Waals surface area (Å²) in [6, 6.07) is 8.69. The molecule has 45 heavy (non-hydrogen) atoms. The number of aromatic hydroxyl groups is 1. The Morgan fingerprint density at radius 2 is 1.76 bits per heavy atom. The van der Waals surface area contributed by atoms with E-state index in [1.807, 2.05) is 29.4 Å². The number of hydrogen-bond acceptors (Lipinski definition) is 10. The van der Waals surface area contributed by atoms with Crippen molar-refractivity contribution in [2.24, 2.45) is 5.73 Å². The zero-order chi connectivity index (χ0) is 31.7. The molecule has 10 nitrogen and oxygen atoms in total. The number of halogens is 2. The molecular formula is C32H35Cl2N7O3S. The minimum Gasteiger partial charge on any atom is -0.505 e. The number of aromatic nitrogens is 3. The van der Waals surface area contributed by atoms with Crippen LogP contribution in [0.5, 0.6) is 5.75 Å². The number of phenols is 1. The van der Waals surface area contributed by atoms with Crippen LogP contribution in [0.15, 0.2) is 48.9 Å². The number of nitrogens with two attached hydrogens (primary N) is 1. The highest BCUT2D eigenvalue weighted by molar-refractivity contribution is 7.98. The third kappa shape index (κ3) is 6.86. The van der Waals surface area contributed by atoms with Crippen molar-refractivity contribution in [2.75, 3.05) is 40.2 Å². The third-order valence-corrected chi connectivity index (χ3v) is 9.58. The van der Waals surface area contributed by atoms with Gasteiger partial charge in [0.1, 0.15) is 6.04 Å². The lowest BCUT2D eigenvalue weighted by atomic mass is 10.0. The van der Waals surface area contributed by atoms with E-state index in [0.29, 0.717) is 35.2 Å². The first-order chi connectivity index (χ1) is 21.7. The van der Waals surface area contributed by atoms with Gasteiger partial charge < -0.3 is 31.1 Å². The van der Waals surface area contributed by atoms with Gasteiger partial charge in [-0.05, 0) is 79.5 Å². The van der Waals surface area contributed by atoms with Crippen LogP contribution in [0, 0.1) is 0 Å². The molecular weight excluding hydrogens is 633 g/mol. The fourth-order valence-corrected chi connectivity index (χ4v) is 6.74. The Morgan fingerprint density at radius 3 is 2.38 bits per heavy atom. The normalized spacial score (nSPS) is 16.1. The number of phenolic OH excluding ortho intramolecular Hbond substituents is 1. The van der Waals surface area contributed by atoms with Crippen LogP contribution in [0.25, 0.3) is 22.0 Å². The Balaban J connectivity index is 1.46. The van der Waals surface area contributed by atoms with Gasteiger partial charge in [0.15, 0.2) is 5.75 Å². The number of pyridine rings is 1. The van der Waals surface area contributed by atoms with Crippen LogP contribution in [0.1, 0.15) is 32.1 Å². The van der Waals surface area contributed by atoms with E-state index >= 15 is 0 Å². The predicted octanol–water partition coefficient (Wildman–Crippen LogP) is 6.55. The van der Waals surface area contributed by atoms with Crippen LogP contribution in [0.3, 0.4) is 0 Å². The molecule has 236 valence electrons. The number of hydrogen-bond donors (Lipinski definition) is 4. The lowest BCUT2D eigenvalue weighted by molar-refractivity contribution is -0.138. The second-order valence-corrected chi connectivity index (χ2v) is 13.3. The van der Waals surface area contributed by atoms with Gasteiger partial charge in [-0.25, -0.2) is 14.8 Å². The minimum absolute atomic E-state index is 0.0924. The molecule has 2 aliphatic rings. The Hall–Kier alpha value is -3.51. The van der Waals surface area contributed by atoms with E-state index in [4.69, 9.17) is 33.9 Å². The molecule has 0 amide bonds. The zero-order valence-electron chi connectivity index (χ0n) is 24.8. The maximum absolute atomic E-state index is 12.7. The molecule has 1 atom stereocenters. The second-order valence-electron chi connectivity index (χ2n) is 11.5. The Kier molecular flexibility index (Phi) is 9.41. The number of anilines is 4. The second kappa shape index (κ2) is 13.5. The van der Waals surface area contributed by atoms with Gasteiger partial charge in [-0.2, -0.15) is 11.8 Å². The summed E-state index contributed by atoms with van der Waals surface area (Å²) in [5.41, 5.74) is 10.4. The van der Waals surface area contributed by atoms with Gasteiger partial charge in [0, 0.05) is 30.6 Å². The fraction of sp³-hybridized carbons (Fsp3) is 0.375. The highest BCUT2D eigenvalue weighted by atomic mass is 35.5. The molecule has 0 radical (unpaired) electrons. The lowest BCUT2D eigenvalue weighted by Crippen LogP contribution is -2.43. The SMILES string of the molecule is CSCC[C@@H](C(=O)O)N(c1cnc2ccc(-c3cc(Cl)c(O)c(Cl)c3)cc2c1Nc1cnc(N2CCC(N)CC2)nc1)C1CC1. The number of carbonyl (C=O) groups is 1. The van der Waals surface area contributed by atoms with Crippen molar-refractivity contribution in [3.8, 4) is 16.9 Å². The van der Waals surface area contributed by atoms with Crippen LogP contribution >= 0.6 is 35.0 Å². The van der Waals surface area contributed by atoms with Gasteiger partial charge in [-0.15, -0.1) is 0 Å². The summed E-state index contributed by atoms with van der Waals surface area (Å²) in [6.45, 7) is 1.62. The summed E-state index contributed by atoms with van der Waals surface area (Å²) in [7, 11) is 0. The van der Waals surface area contributed by atoms with Crippen molar-refractivity contribution in [3.63, 3.8) is 0 Å². The van der Waals surface area contributed by atoms with Crippen molar-refractivity contribution in [1.82, 2.24) is 15.0 Å². The largest absolute Gasteiger partial charge is 0.505 e. The molecule has 0 unspecified atom stereocenters. The van der Waals surface area contributed by atoms with Gasteiger partial charge in [0.25, 0.3) is 0 Å². The number of nitrogens with one attached hydrogen (secondary N) is 1. The maximum Gasteiger partial charge on any atom is 0.326 e. The molecule has 2 aromatic heterocycles. The summed E-state index contributed by atoms with van der Waals surface area (Å²) >= 11 is 14.2. The zero-order valence-corrected chi connectivity index (χ0v) is 27.1. The first-order valence-corrected chi connectivity index (χ1v) is 17.1. The quantitative estimate of drug-likeness (QED) is 0.138. The molecule has 2 aromatic carbocycles. The first-order valence-electron chi connectivity index (χ1n) is 14.9. The molecule has 1 saturated carbocycles. The number of carboxylic acid groups (broad SMARTS) is 1. The molecule has 0 spiro atoms. The number of benzene rings is 2. The Labute approximate surface area is 276 Å². The highest BCUT2D eigenvalue weighted by Crippen LogP contribution is 2.44. The number of fused-ring (bicyclic) bond motifs is 1. The van der Waals surface area contributed by atoms with Crippen molar-refractivity contribution < 1.29 is 15.0 Å². The summed E-state index contributed by atoms with van der Waals surface area (Å²) in [6.07, 6.45) is 11.3. The van der Waals surface area contributed by atoms with E-state index < -0.39 is 12.0 Å². The Bertz CT molecular complexity index is 1680. The van der Waals surface area contributed by atoms with Crippen molar-refractivity contribution >= 4 is 74.8 Å². The number of carboxylic acids is 1. The van der Waals surface area contributed by atoms with Crippen LogP contribution in [0.4, 0.5) is 23.0 Å². The summed E-state index contributed by atoms with van der Waals surface area (Å²) in [5, 5.41) is 25.1. The molecule has 6 rings (SSSR count). The van der Waals surface area contributed by atoms with Crippen molar-refractivity contribution in [3.05, 3.63) is 59.0 Å². The van der Waals surface area contributed by atoms with E-state index in [-0.39, 0.29) is 27.9 Å². The summed E-state index contributed by atoms with van der Waals surface area (Å²) < 4.78 is 0. The molecule has 3 heterocycles. The van der Waals surface area contributed by atoms with Crippen molar-refractivity contribution in [2.45, 2.75) is 50.2 Å². The van der Waals surface area contributed by atoms with Gasteiger partial charge in [0.05, 0.1) is 51.2 Å². The van der Waals surface area contributed by atoms with E-state index in [0.717, 1.165) is 60.8 Å². The first kappa shape index (κ1) is 31.5. The average molecular weight is 669 g/mol. The molecule has 1 saturated heterocycles. The number of aliphatic carboxylic acids is 1. The highest BCUT2D eigenvalue weighted by Gasteiger charge is 2.39. The Morgan fingerprint density at radius 1 is 1.07 bits per heavy atom. The topological polar surface area (TPSA) is 141 Å². The predicted molar refractivity (Wildman–Crippen MR) is 184 cm³/mol. The molecule has 5 N–H and O–H groups in total. The van der Waals surface area contributed by atoms with Crippen LogP contribution in [-0.4, -0.2) is 74.4 Å². The van der Waals surface area contributed by atoms with E-state index in [2.05, 4.69) is 20.2 Å². The molecule has 2 fully saturated rings. The van der Waals surface area contributed by atoms with Crippen LogP contribution in [0.2, 0.25) is 10.0 Å². The number of piperidine rings is 1. The molecule has 0 bridgehead atoms. The van der Waals surface area contributed by atoms with E-state index in [9.17, 15) is 15.0 Å². The lowest BCUT2D eigenvalue weighted by Gasteiger charge is -2.33. The van der Waals surface area contributed by atoms with Gasteiger partial charge >= 0.3 is 5.97 Å². The smallest absolute Gasteiger partial charge is 0.326 e.